The van der Waals surface area contributed by atoms with Crippen LogP contribution in [0.25, 0.3) is 0 Å². The van der Waals surface area contributed by atoms with Crippen LogP contribution in [0.3, 0.4) is 0 Å². The summed E-state index contributed by atoms with van der Waals surface area (Å²) in [4.78, 5) is 11.6. The highest BCUT2D eigenvalue weighted by Crippen LogP contribution is 2.20. The lowest BCUT2D eigenvalue weighted by atomic mass is 10.0. The Labute approximate surface area is 114 Å². The summed E-state index contributed by atoms with van der Waals surface area (Å²) in [7, 11) is 0. The molecule has 0 spiro atoms. The van der Waals surface area contributed by atoms with Crippen LogP contribution in [-0.4, -0.2) is 24.7 Å². The van der Waals surface area contributed by atoms with Gasteiger partial charge >= 0.3 is 5.97 Å². The maximum Gasteiger partial charge on any atom is 0.329 e. The van der Waals surface area contributed by atoms with Crippen molar-refractivity contribution in [3.8, 4) is 5.75 Å². The molecule has 0 bridgehead atoms. The Morgan fingerprint density at radius 1 is 1.42 bits per heavy atom. The van der Waals surface area contributed by atoms with Crippen molar-refractivity contribution in [2.45, 2.75) is 39.2 Å². The van der Waals surface area contributed by atoms with E-state index in [1.165, 1.54) is 5.56 Å². The van der Waals surface area contributed by atoms with E-state index >= 15 is 0 Å². The van der Waals surface area contributed by atoms with Crippen molar-refractivity contribution in [3.05, 3.63) is 29.8 Å². The Balaban J connectivity index is 2.66. The van der Waals surface area contributed by atoms with Crippen LogP contribution in [0.1, 0.15) is 39.2 Å². The molecule has 1 rings (SSSR count). The fourth-order valence-electron chi connectivity index (χ4n) is 1.55. The van der Waals surface area contributed by atoms with Crippen molar-refractivity contribution in [2.24, 2.45) is 5.73 Å². The van der Waals surface area contributed by atoms with Crippen molar-refractivity contribution in [3.63, 3.8) is 0 Å². The van der Waals surface area contributed by atoms with Crippen LogP contribution >= 0.6 is 0 Å². The third-order valence-electron chi connectivity index (χ3n) is 2.81. The largest absolute Gasteiger partial charge is 0.491 e. The number of carbonyl (C=O) groups is 1. The summed E-state index contributed by atoms with van der Waals surface area (Å²) in [5.74, 6) is 0.694. The zero-order valence-corrected chi connectivity index (χ0v) is 12.1. The van der Waals surface area contributed by atoms with Crippen molar-refractivity contribution in [1.82, 2.24) is 0 Å². The van der Waals surface area contributed by atoms with E-state index in [1.54, 1.807) is 13.8 Å². The van der Waals surface area contributed by atoms with E-state index in [-0.39, 0.29) is 6.61 Å². The van der Waals surface area contributed by atoms with Crippen LogP contribution in [0.2, 0.25) is 0 Å². The molecule has 0 aromatic heterocycles. The number of hydrogen-bond donors (Lipinski definition) is 1. The molecule has 0 saturated heterocycles. The highest BCUT2D eigenvalue weighted by atomic mass is 16.5. The van der Waals surface area contributed by atoms with Crippen LogP contribution in [0.5, 0.6) is 5.75 Å². The molecular formula is C15H23NO3. The molecule has 106 valence electrons. The number of ether oxygens (including phenoxy) is 2. The van der Waals surface area contributed by atoms with Gasteiger partial charge in [0.05, 0.1) is 6.61 Å². The highest BCUT2D eigenvalue weighted by molar-refractivity contribution is 5.80. The van der Waals surface area contributed by atoms with E-state index in [9.17, 15) is 4.79 Å². The van der Waals surface area contributed by atoms with Crippen LogP contribution in [-0.2, 0) is 9.53 Å². The van der Waals surface area contributed by atoms with Crippen LogP contribution in [0.4, 0.5) is 0 Å². The van der Waals surface area contributed by atoms with Crippen molar-refractivity contribution in [2.75, 3.05) is 13.2 Å². The van der Waals surface area contributed by atoms with Crippen molar-refractivity contribution in [1.29, 1.82) is 0 Å². The Morgan fingerprint density at radius 2 is 2.11 bits per heavy atom. The Hall–Kier alpha value is -1.55. The Bertz CT molecular complexity index is 427. The van der Waals surface area contributed by atoms with Crippen LogP contribution in [0.15, 0.2) is 24.3 Å². The smallest absolute Gasteiger partial charge is 0.329 e. The van der Waals surface area contributed by atoms with E-state index in [1.807, 2.05) is 24.3 Å². The maximum absolute atomic E-state index is 11.6. The van der Waals surface area contributed by atoms with Crippen LogP contribution in [0, 0.1) is 0 Å². The molecule has 1 aromatic carbocycles. The summed E-state index contributed by atoms with van der Waals surface area (Å²) < 4.78 is 10.5. The summed E-state index contributed by atoms with van der Waals surface area (Å²) in [5.41, 5.74) is 5.94. The van der Waals surface area contributed by atoms with Gasteiger partial charge in [-0.2, -0.15) is 0 Å². The number of nitrogens with two attached hydrogens (primary N) is 1. The van der Waals surface area contributed by atoms with Crippen molar-refractivity contribution >= 4 is 5.97 Å². The lowest BCUT2D eigenvalue weighted by molar-refractivity contribution is -0.150. The highest BCUT2D eigenvalue weighted by Gasteiger charge is 2.31. The maximum atomic E-state index is 11.6. The van der Waals surface area contributed by atoms with Gasteiger partial charge in [0.25, 0.3) is 0 Å². The molecular weight excluding hydrogens is 242 g/mol. The quantitative estimate of drug-likeness (QED) is 0.803. The number of benzene rings is 1. The molecule has 19 heavy (non-hydrogen) atoms. The molecule has 0 heterocycles. The van der Waals surface area contributed by atoms with Gasteiger partial charge < -0.3 is 15.2 Å². The molecule has 0 amide bonds. The third-order valence-corrected chi connectivity index (χ3v) is 2.81. The topological polar surface area (TPSA) is 61.5 Å². The Morgan fingerprint density at radius 3 is 2.68 bits per heavy atom. The van der Waals surface area contributed by atoms with Gasteiger partial charge in [-0.05, 0) is 37.5 Å². The zero-order valence-electron chi connectivity index (χ0n) is 12.1. The molecule has 1 unspecified atom stereocenters. The fraction of sp³-hybridized carbons (Fsp3) is 0.533. The SMILES string of the molecule is CCOC(=O)C(C)(N)COc1cccc(C(C)C)c1. The summed E-state index contributed by atoms with van der Waals surface area (Å²) in [6.07, 6.45) is 0. The first-order chi connectivity index (χ1) is 8.86. The van der Waals surface area contributed by atoms with Crippen LogP contribution < -0.4 is 10.5 Å². The second-order valence-electron chi connectivity index (χ2n) is 5.15. The normalized spacial score (nSPS) is 14.0. The fourth-order valence-corrected chi connectivity index (χ4v) is 1.55. The lowest BCUT2D eigenvalue weighted by Gasteiger charge is -2.22. The molecule has 0 fully saturated rings. The first-order valence-corrected chi connectivity index (χ1v) is 6.55. The molecule has 1 aromatic rings. The van der Waals surface area contributed by atoms with E-state index in [2.05, 4.69) is 13.8 Å². The van der Waals surface area contributed by atoms with Crippen molar-refractivity contribution < 1.29 is 14.3 Å². The summed E-state index contributed by atoms with van der Waals surface area (Å²) >= 11 is 0. The molecule has 1 atom stereocenters. The molecule has 4 heteroatoms. The van der Waals surface area contributed by atoms with E-state index in [0.717, 1.165) is 0 Å². The molecule has 2 N–H and O–H groups in total. The average molecular weight is 265 g/mol. The molecule has 0 aliphatic carbocycles. The third kappa shape index (κ3) is 4.56. The summed E-state index contributed by atoms with van der Waals surface area (Å²) in [6, 6.07) is 7.80. The van der Waals surface area contributed by atoms with Gasteiger partial charge in [-0.1, -0.05) is 26.0 Å². The minimum absolute atomic E-state index is 0.0907. The first-order valence-electron chi connectivity index (χ1n) is 6.55. The molecule has 0 radical (unpaired) electrons. The predicted octanol–water partition coefficient (Wildman–Crippen LogP) is 2.47. The second-order valence-corrected chi connectivity index (χ2v) is 5.15. The first kappa shape index (κ1) is 15.5. The van der Waals surface area contributed by atoms with Gasteiger partial charge in [0, 0.05) is 0 Å². The number of carbonyl (C=O) groups excluding carboxylic acids is 1. The number of hydrogen-bond acceptors (Lipinski definition) is 4. The molecule has 0 saturated carbocycles. The number of esters is 1. The lowest BCUT2D eigenvalue weighted by Crippen LogP contribution is -2.51. The van der Waals surface area contributed by atoms with E-state index < -0.39 is 11.5 Å². The molecule has 0 aliphatic rings. The summed E-state index contributed by atoms with van der Waals surface area (Å²) in [6.45, 7) is 8.00. The predicted molar refractivity (Wildman–Crippen MR) is 75.3 cm³/mol. The molecule has 0 aliphatic heterocycles. The minimum atomic E-state index is -1.14. The van der Waals surface area contributed by atoms with E-state index in [4.69, 9.17) is 15.2 Å². The van der Waals surface area contributed by atoms with Gasteiger partial charge in [0.2, 0.25) is 0 Å². The standard InChI is InChI=1S/C15H23NO3/c1-5-18-14(17)15(4,16)10-19-13-8-6-7-12(9-13)11(2)3/h6-9,11H,5,10,16H2,1-4H3. The molecule has 4 nitrogen and oxygen atoms in total. The summed E-state index contributed by atoms with van der Waals surface area (Å²) in [5, 5.41) is 0. The van der Waals surface area contributed by atoms with Gasteiger partial charge in [0.1, 0.15) is 17.9 Å². The van der Waals surface area contributed by atoms with E-state index in [0.29, 0.717) is 18.3 Å². The average Bonchev–Trinajstić information content (AvgIpc) is 2.37. The van der Waals surface area contributed by atoms with Gasteiger partial charge in [0.15, 0.2) is 0 Å². The minimum Gasteiger partial charge on any atom is -0.491 e. The second kappa shape index (κ2) is 6.57. The van der Waals surface area contributed by atoms with Gasteiger partial charge in [-0.3, -0.25) is 0 Å². The van der Waals surface area contributed by atoms with Gasteiger partial charge in [-0.25, -0.2) is 4.79 Å². The Kier molecular flexibility index (Phi) is 5.36. The monoisotopic (exact) mass is 265 g/mol. The zero-order chi connectivity index (χ0) is 14.5. The van der Waals surface area contributed by atoms with Gasteiger partial charge in [-0.15, -0.1) is 0 Å². The number of rotatable bonds is 6.